The molecule has 1 aliphatic heterocycles. The van der Waals surface area contributed by atoms with E-state index >= 15 is 0 Å². The number of nitrogens with one attached hydrogen (secondary N) is 1. The zero-order valence-electron chi connectivity index (χ0n) is 12.2. The van der Waals surface area contributed by atoms with Gasteiger partial charge in [0.05, 0.1) is 18.3 Å². The van der Waals surface area contributed by atoms with Gasteiger partial charge in [-0.1, -0.05) is 48.0 Å². The van der Waals surface area contributed by atoms with Crippen LogP contribution in [0.3, 0.4) is 0 Å². The number of alkyl halides is 3. The van der Waals surface area contributed by atoms with Gasteiger partial charge in [0, 0.05) is 23.7 Å². The first-order valence-electron chi connectivity index (χ1n) is 7.23. The highest BCUT2D eigenvalue weighted by Crippen LogP contribution is 2.41. The minimum Gasteiger partial charge on any atom is -0.371 e. The predicted octanol–water partition coefficient (Wildman–Crippen LogP) is 4.51. The van der Waals surface area contributed by atoms with Crippen molar-refractivity contribution in [3.8, 4) is 11.1 Å². The Morgan fingerprint density at radius 1 is 1.04 bits per heavy atom. The molecule has 0 amide bonds. The second kappa shape index (κ2) is 6.51. The van der Waals surface area contributed by atoms with E-state index in [-0.39, 0.29) is 23.8 Å². The zero-order chi connectivity index (χ0) is 16.4. The molecule has 2 aromatic rings. The molecule has 0 radical (unpaired) electrons. The van der Waals surface area contributed by atoms with Gasteiger partial charge < -0.3 is 10.1 Å². The Kier molecular flexibility index (Phi) is 4.62. The summed E-state index contributed by atoms with van der Waals surface area (Å²) in [6, 6.07) is 11.0. The summed E-state index contributed by atoms with van der Waals surface area (Å²) in [6.45, 7) is 1.27. The van der Waals surface area contributed by atoms with Crippen molar-refractivity contribution in [3.05, 3.63) is 58.6 Å². The van der Waals surface area contributed by atoms with Gasteiger partial charge in [-0.25, -0.2) is 0 Å². The Hall–Kier alpha value is -1.56. The molecule has 1 saturated heterocycles. The van der Waals surface area contributed by atoms with Gasteiger partial charge in [-0.15, -0.1) is 0 Å². The quantitative estimate of drug-likeness (QED) is 0.883. The van der Waals surface area contributed by atoms with Crippen LogP contribution >= 0.6 is 11.6 Å². The summed E-state index contributed by atoms with van der Waals surface area (Å²) in [6.07, 6.45) is -4.51. The molecular formula is C17H15ClF3NO. The molecule has 0 unspecified atom stereocenters. The Labute approximate surface area is 137 Å². The number of rotatable bonds is 4. The summed E-state index contributed by atoms with van der Waals surface area (Å²) in [4.78, 5) is 0. The topological polar surface area (TPSA) is 21.3 Å². The van der Waals surface area contributed by atoms with Gasteiger partial charge in [0.2, 0.25) is 0 Å². The average molecular weight is 342 g/mol. The lowest BCUT2D eigenvalue weighted by atomic mass is 9.95. The molecule has 3 rings (SSSR count). The van der Waals surface area contributed by atoms with E-state index in [0.29, 0.717) is 23.7 Å². The van der Waals surface area contributed by atoms with Crippen molar-refractivity contribution in [1.82, 2.24) is 5.32 Å². The van der Waals surface area contributed by atoms with Crippen LogP contribution in [0.4, 0.5) is 13.2 Å². The van der Waals surface area contributed by atoms with Crippen molar-refractivity contribution in [1.29, 1.82) is 0 Å². The molecule has 2 aromatic carbocycles. The van der Waals surface area contributed by atoms with Crippen molar-refractivity contribution in [2.45, 2.75) is 18.9 Å². The molecule has 6 heteroatoms. The fourth-order valence-electron chi connectivity index (χ4n) is 2.55. The monoisotopic (exact) mass is 341 g/mol. The van der Waals surface area contributed by atoms with E-state index in [1.54, 1.807) is 30.3 Å². The summed E-state index contributed by atoms with van der Waals surface area (Å²) in [5.74, 6) is 0. The van der Waals surface area contributed by atoms with Crippen LogP contribution in [0.5, 0.6) is 0 Å². The van der Waals surface area contributed by atoms with E-state index < -0.39 is 11.7 Å². The van der Waals surface area contributed by atoms with E-state index in [1.807, 2.05) is 0 Å². The third-order valence-corrected chi connectivity index (χ3v) is 4.15. The van der Waals surface area contributed by atoms with Crippen LogP contribution in [-0.4, -0.2) is 19.2 Å². The Balaban J connectivity index is 2.03. The number of benzene rings is 2. The zero-order valence-corrected chi connectivity index (χ0v) is 12.9. The maximum Gasteiger partial charge on any atom is 0.417 e. The lowest BCUT2D eigenvalue weighted by molar-refractivity contribution is -0.138. The Morgan fingerprint density at radius 3 is 2.35 bits per heavy atom. The van der Waals surface area contributed by atoms with Crippen molar-refractivity contribution in [3.63, 3.8) is 0 Å². The molecule has 0 aromatic heterocycles. The number of hydrogen-bond acceptors (Lipinski definition) is 2. The highest BCUT2D eigenvalue weighted by Gasteiger charge is 2.37. The molecule has 2 nitrogen and oxygen atoms in total. The summed E-state index contributed by atoms with van der Waals surface area (Å²) in [5.41, 5.74) is -0.105. The second-order valence-corrected chi connectivity index (χ2v) is 5.82. The minimum absolute atomic E-state index is 0.0277. The SMILES string of the molecule is FC(F)(F)c1c(COC2CNC2)cccc1-c1ccccc1Cl. The van der Waals surface area contributed by atoms with Gasteiger partial charge in [-0.05, 0) is 17.2 Å². The highest BCUT2D eigenvalue weighted by molar-refractivity contribution is 6.33. The molecule has 1 heterocycles. The molecule has 1 aliphatic rings. The first-order chi connectivity index (χ1) is 11.0. The fraction of sp³-hybridized carbons (Fsp3) is 0.294. The normalized spacial score (nSPS) is 15.5. The van der Waals surface area contributed by atoms with Gasteiger partial charge in [0.1, 0.15) is 0 Å². The molecule has 0 atom stereocenters. The van der Waals surface area contributed by atoms with E-state index in [1.165, 1.54) is 12.1 Å². The third kappa shape index (κ3) is 3.52. The van der Waals surface area contributed by atoms with Crippen molar-refractivity contribution < 1.29 is 17.9 Å². The largest absolute Gasteiger partial charge is 0.417 e. The van der Waals surface area contributed by atoms with Crippen LogP contribution in [0, 0.1) is 0 Å². The van der Waals surface area contributed by atoms with Gasteiger partial charge in [-0.3, -0.25) is 0 Å². The molecule has 0 bridgehead atoms. The van der Waals surface area contributed by atoms with Gasteiger partial charge in [-0.2, -0.15) is 13.2 Å². The number of ether oxygens (including phenoxy) is 1. The van der Waals surface area contributed by atoms with Crippen LogP contribution in [0.1, 0.15) is 11.1 Å². The van der Waals surface area contributed by atoms with Gasteiger partial charge in [0.25, 0.3) is 0 Å². The van der Waals surface area contributed by atoms with Gasteiger partial charge in [0.15, 0.2) is 0 Å². The van der Waals surface area contributed by atoms with Crippen LogP contribution in [0.15, 0.2) is 42.5 Å². The molecule has 0 spiro atoms. The smallest absolute Gasteiger partial charge is 0.371 e. The highest BCUT2D eigenvalue weighted by atomic mass is 35.5. The summed E-state index contributed by atoms with van der Waals surface area (Å²) in [7, 11) is 0. The lowest BCUT2D eigenvalue weighted by Gasteiger charge is -2.28. The number of hydrogen-bond donors (Lipinski definition) is 1. The predicted molar refractivity (Wildman–Crippen MR) is 83.3 cm³/mol. The molecule has 23 heavy (non-hydrogen) atoms. The molecule has 1 fully saturated rings. The van der Waals surface area contributed by atoms with Crippen LogP contribution < -0.4 is 5.32 Å². The molecule has 122 valence electrons. The average Bonchev–Trinajstić information content (AvgIpc) is 2.45. The van der Waals surface area contributed by atoms with E-state index in [0.717, 1.165) is 0 Å². The third-order valence-electron chi connectivity index (χ3n) is 3.82. The van der Waals surface area contributed by atoms with Crippen LogP contribution in [-0.2, 0) is 17.5 Å². The lowest BCUT2D eigenvalue weighted by Crippen LogP contribution is -2.48. The van der Waals surface area contributed by atoms with Crippen molar-refractivity contribution >= 4 is 11.6 Å². The summed E-state index contributed by atoms with van der Waals surface area (Å²) < 4.78 is 46.4. The molecule has 0 aliphatic carbocycles. The first kappa shape index (κ1) is 16.3. The first-order valence-corrected chi connectivity index (χ1v) is 7.61. The summed E-state index contributed by atoms with van der Waals surface area (Å²) in [5, 5.41) is 3.31. The van der Waals surface area contributed by atoms with Crippen molar-refractivity contribution in [2.24, 2.45) is 0 Å². The maximum absolute atomic E-state index is 13.6. The maximum atomic E-state index is 13.6. The van der Waals surface area contributed by atoms with E-state index in [2.05, 4.69) is 5.32 Å². The fourth-order valence-corrected chi connectivity index (χ4v) is 2.78. The Morgan fingerprint density at radius 2 is 1.74 bits per heavy atom. The Bertz CT molecular complexity index is 698. The molecule has 0 saturated carbocycles. The molecular weight excluding hydrogens is 327 g/mol. The van der Waals surface area contributed by atoms with E-state index in [9.17, 15) is 13.2 Å². The van der Waals surface area contributed by atoms with E-state index in [4.69, 9.17) is 16.3 Å². The minimum atomic E-state index is -4.48. The second-order valence-electron chi connectivity index (χ2n) is 5.41. The summed E-state index contributed by atoms with van der Waals surface area (Å²) >= 11 is 6.09. The number of halogens is 4. The van der Waals surface area contributed by atoms with Gasteiger partial charge >= 0.3 is 6.18 Å². The molecule has 1 N–H and O–H groups in total. The standard InChI is InChI=1S/C17H15ClF3NO/c18-15-7-2-1-5-13(15)14-6-3-4-11(16(14)17(19,20)21)10-23-12-8-22-9-12/h1-7,12,22H,8-10H2. The van der Waals surface area contributed by atoms with Crippen LogP contribution in [0.2, 0.25) is 5.02 Å². The van der Waals surface area contributed by atoms with Crippen molar-refractivity contribution in [2.75, 3.05) is 13.1 Å². The van der Waals surface area contributed by atoms with Crippen LogP contribution in [0.25, 0.3) is 11.1 Å².